The summed E-state index contributed by atoms with van der Waals surface area (Å²) < 4.78 is 42.4. The average molecular weight is 529 g/mol. The van der Waals surface area contributed by atoms with Crippen LogP contribution in [0.3, 0.4) is 0 Å². The van der Waals surface area contributed by atoms with Gasteiger partial charge >= 0.3 is 6.18 Å². The van der Waals surface area contributed by atoms with Crippen molar-refractivity contribution in [2.24, 2.45) is 11.8 Å². The fraction of sp³-hybridized carbons (Fsp3) is 0.290. The first-order valence-corrected chi connectivity index (χ1v) is 13.4. The largest absolute Gasteiger partial charge is 0.416 e. The first-order chi connectivity index (χ1) is 18.8. The second-order valence-electron chi connectivity index (χ2n) is 10.8. The quantitative estimate of drug-likeness (QED) is 0.264. The summed E-state index contributed by atoms with van der Waals surface area (Å²) >= 11 is 0. The molecule has 1 amide bonds. The Morgan fingerprint density at radius 1 is 0.923 bits per heavy atom. The van der Waals surface area contributed by atoms with Crippen molar-refractivity contribution in [3.63, 3.8) is 0 Å². The summed E-state index contributed by atoms with van der Waals surface area (Å²) in [5, 5.41) is 1.13. The molecule has 2 fully saturated rings. The Morgan fingerprint density at radius 3 is 2.46 bits per heavy atom. The molecule has 5 nitrogen and oxygen atoms in total. The van der Waals surface area contributed by atoms with E-state index >= 15 is 0 Å². The van der Waals surface area contributed by atoms with Gasteiger partial charge in [0.15, 0.2) is 0 Å². The second-order valence-corrected chi connectivity index (χ2v) is 10.8. The highest BCUT2D eigenvalue weighted by atomic mass is 19.4. The van der Waals surface area contributed by atoms with Crippen LogP contribution in [-0.2, 0) is 17.5 Å². The predicted octanol–water partition coefficient (Wildman–Crippen LogP) is 7.13. The Labute approximate surface area is 223 Å². The minimum Gasteiger partial charge on any atom is -0.361 e. The number of alkyl halides is 3. The lowest BCUT2D eigenvalue weighted by atomic mass is 10.0. The fourth-order valence-electron chi connectivity index (χ4n) is 5.78. The number of likely N-dealkylation sites (tertiary alicyclic amines) is 1. The molecule has 5 aromatic rings. The van der Waals surface area contributed by atoms with Gasteiger partial charge in [0.25, 0.3) is 0 Å². The maximum absolute atomic E-state index is 13.5. The van der Waals surface area contributed by atoms with Gasteiger partial charge < -0.3 is 14.5 Å². The highest BCUT2D eigenvalue weighted by Gasteiger charge is 2.37. The zero-order valence-corrected chi connectivity index (χ0v) is 21.2. The van der Waals surface area contributed by atoms with Crippen LogP contribution in [-0.4, -0.2) is 38.4 Å². The van der Waals surface area contributed by atoms with Crippen LogP contribution in [0, 0.1) is 11.8 Å². The first-order valence-electron chi connectivity index (χ1n) is 13.4. The monoisotopic (exact) mass is 528 g/mol. The third kappa shape index (κ3) is 4.47. The molecule has 39 heavy (non-hydrogen) atoms. The maximum Gasteiger partial charge on any atom is 0.416 e. The van der Waals surface area contributed by atoms with E-state index in [1.165, 1.54) is 6.07 Å². The lowest BCUT2D eigenvalue weighted by Gasteiger charge is -2.18. The summed E-state index contributed by atoms with van der Waals surface area (Å²) in [5.41, 5.74) is 4.35. The van der Waals surface area contributed by atoms with Crippen LogP contribution in [0.1, 0.15) is 24.8 Å². The molecule has 1 aliphatic heterocycles. The van der Waals surface area contributed by atoms with Crippen LogP contribution in [0.2, 0.25) is 0 Å². The summed E-state index contributed by atoms with van der Waals surface area (Å²) in [6, 6.07) is 20.1. The van der Waals surface area contributed by atoms with Crippen LogP contribution in [0.25, 0.3) is 44.5 Å². The highest BCUT2D eigenvalue weighted by molar-refractivity contribution is 5.86. The Bertz CT molecular complexity index is 1690. The number of imidazole rings is 1. The van der Waals surface area contributed by atoms with Crippen molar-refractivity contribution in [3.8, 4) is 22.5 Å². The number of rotatable bonds is 5. The summed E-state index contributed by atoms with van der Waals surface area (Å²) in [5.74, 6) is 1.30. The van der Waals surface area contributed by atoms with Crippen LogP contribution in [0.15, 0.2) is 72.9 Å². The third-order valence-corrected chi connectivity index (χ3v) is 8.07. The second kappa shape index (κ2) is 9.00. The number of nitrogens with zero attached hydrogens (tertiary/aromatic N) is 3. The summed E-state index contributed by atoms with van der Waals surface area (Å²) in [6.07, 6.45) is 0.311. The van der Waals surface area contributed by atoms with Gasteiger partial charge in [-0.2, -0.15) is 13.2 Å². The number of amides is 1. The number of benzene rings is 3. The van der Waals surface area contributed by atoms with Gasteiger partial charge in [-0.05, 0) is 78.1 Å². The molecule has 2 aromatic heterocycles. The number of hydrogen-bond acceptors (Lipinski definition) is 2. The molecule has 1 atom stereocenters. The topological polar surface area (TPSA) is 53.9 Å². The van der Waals surface area contributed by atoms with Gasteiger partial charge in [0, 0.05) is 42.8 Å². The number of halogens is 3. The molecule has 1 aliphatic carbocycles. The van der Waals surface area contributed by atoms with Crippen molar-refractivity contribution in [2.75, 3.05) is 13.1 Å². The van der Waals surface area contributed by atoms with E-state index in [2.05, 4.69) is 23.2 Å². The Hall–Kier alpha value is -4.07. The van der Waals surface area contributed by atoms with Crippen molar-refractivity contribution >= 4 is 27.8 Å². The first kappa shape index (κ1) is 24.0. The van der Waals surface area contributed by atoms with Crippen LogP contribution < -0.4 is 0 Å². The van der Waals surface area contributed by atoms with Crippen LogP contribution in [0.4, 0.5) is 13.2 Å². The van der Waals surface area contributed by atoms with E-state index < -0.39 is 11.7 Å². The van der Waals surface area contributed by atoms with Crippen molar-refractivity contribution in [2.45, 2.75) is 32.0 Å². The summed E-state index contributed by atoms with van der Waals surface area (Å²) in [7, 11) is 0. The molecule has 198 valence electrons. The molecule has 3 aromatic carbocycles. The van der Waals surface area contributed by atoms with Gasteiger partial charge in [0.05, 0.1) is 16.6 Å². The van der Waals surface area contributed by atoms with Crippen LogP contribution in [0.5, 0.6) is 0 Å². The highest BCUT2D eigenvalue weighted by Crippen LogP contribution is 2.36. The fourth-order valence-corrected chi connectivity index (χ4v) is 5.78. The zero-order chi connectivity index (χ0) is 26.7. The van der Waals surface area contributed by atoms with E-state index in [0.29, 0.717) is 29.9 Å². The lowest BCUT2D eigenvalue weighted by Crippen LogP contribution is -2.30. The number of aromatic amines is 1. The van der Waals surface area contributed by atoms with E-state index in [1.54, 1.807) is 0 Å². The van der Waals surface area contributed by atoms with Gasteiger partial charge in [-0.1, -0.05) is 30.3 Å². The maximum atomic E-state index is 13.5. The van der Waals surface area contributed by atoms with Crippen molar-refractivity contribution in [3.05, 3.63) is 78.5 Å². The molecule has 1 saturated carbocycles. The average Bonchev–Trinajstić information content (AvgIpc) is 3.33. The molecule has 0 unspecified atom stereocenters. The molecule has 7 rings (SSSR count). The van der Waals surface area contributed by atoms with Gasteiger partial charge in [-0.25, -0.2) is 4.98 Å². The molecule has 0 radical (unpaired) electrons. The van der Waals surface area contributed by atoms with E-state index in [9.17, 15) is 18.0 Å². The van der Waals surface area contributed by atoms with Gasteiger partial charge in [0.1, 0.15) is 5.82 Å². The summed E-state index contributed by atoms with van der Waals surface area (Å²) in [4.78, 5) is 22.5. The Morgan fingerprint density at radius 2 is 1.69 bits per heavy atom. The molecule has 0 bridgehead atoms. The van der Waals surface area contributed by atoms with Crippen molar-refractivity contribution < 1.29 is 18.0 Å². The number of hydrogen-bond donors (Lipinski definition) is 1. The minimum absolute atomic E-state index is 0.186. The SMILES string of the molecule is O=C(C1CC1)N1CC[C@@H](Cn2c(-c3ccc(-c4ccc5[nH]ccc5c4)cc3)nc3cc(C(F)(F)F)ccc32)C1. The predicted molar refractivity (Wildman–Crippen MR) is 145 cm³/mol. The number of nitrogens with one attached hydrogen (secondary N) is 1. The van der Waals surface area contributed by atoms with E-state index in [4.69, 9.17) is 4.98 Å². The molecule has 8 heteroatoms. The third-order valence-electron chi connectivity index (χ3n) is 8.07. The van der Waals surface area contributed by atoms with Crippen LogP contribution >= 0.6 is 0 Å². The zero-order valence-electron chi connectivity index (χ0n) is 21.2. The number of H-pyrrole nitrogens is 1. The van der Waals surface area contributed by atoms with Crippen molar-refractivity contribution in [1.82, 2.24) is 19.4 Å². The number of fused-ring (bicyclic) bond motifs is 2. The van der Waals surface area contributed by atoms with Crippen molar-refractivity contribution in [1.29, 1.82) is 0 Å². The Kier molecular flexibility index (Phi) is 5.54. The van der Waals surface area contributed by atoms with Gasteiger partial charge in [-0.3, -0.25) is 4.79 Å². The molecular formula is C31H27F3N4O. The Balaban J connectivity index is 1.24. The summed E-state index contributed by atoms with van der Waals surface area (Å²) in [6.45, 7) is 2.01. The number of carbonyl (C=O) groups excluding carboxylic acids is 1. The van der Waals surface area contributed by atoms with Gasteiger partial charge in [-0.15, -0.1) is 0 Å². The smallest absolute Gasteiger partial charge is 0.361 e. The standard InChI is InChI=1S/C31H27F3N4O/c32-31(33,34)25-8-10-28-27(16-25)36-29(38(28)18-19-12-14-37(17-19)30(39)22-5-6-22)21-3-1-20(2-4-21)23-7-9-26-24(15-23)11-13-35-26/h1-4,7-11,13,15-16,19,22,35H,5-6,12,14,17-18H2/t19-/m1/s1. The molecular weight excluding hydrogens is 501 g/mol. The minimum atomic E-state index is -4.44. The molecule has 1 N–H and O–H groups in total. The van der Waals surface area contributed by atoms with E-state index in [1.807, 2.05) is 46.0 Å². The van der Waals surface area contributed by atoms with E-state index in [-0.39, 0.29) is 17.7 Å². The molecule has 1 saturated heterocycles. The number of carbonyl (C=O) groups is 1. The normalized spacial score (nSPS) is 17.9. The number of aromatic nitrogens is 3. The van der Waals surface area contributed by atoms with E-state index in [0.717, 1.165) is 65.5 Å². The van der Waals surface area contributed by atoms with Gasteiger partial charge in [0.2, 0.25) is 5.91 Å². The lowest BCUT2D eigenvalue weighted by molar-refractivity contribution is -0.137. The molecule has 3 heterocycles. The molecule has 2 aliphatic rings. The molecule has 0 spiro atoms.